The monoisotopic (exact) mass is 549 g/mol. The first-order valence-electron chi connectivity index (χ1n) is 14.2. The van der Waals surface area contributed by atoms with E-state index in [1.54, 1.807) is 19.1 Å². The fourth-order valence-corrected chi connectivity index (χ4v) is 4.17. The second kappa shape index (κ2) is 18.4. The molecule has 0 aliphatic rings. The number of hydrogen-bond donors (Lipinski definition) is 1. The number of hydrogen-bond acceptors (Lipinski definition) is 9. The van der Waals surface area contributed by atoms with Gasteiger partial charge in [0.05, 0.1) is 7.11 Å². The largest absolute Gasteiger partial charge is 0.468 e. The molecule has 0 fully saturated rings. The van der Waals surface area contributed by atoms with E-state index in [-0.39, 0.29) is 43.2 Å². The normalized spacial score (nSPS) is 13.2. The molecule has 1 aromatic carbocycles. The van der Waals surface area contributed by atoms with Crippen molar-refractivity contribution in [2.24, 2.45) is 5.73 Å². The maximum absolute atomic E-state index is 12.7. The summed E-state index contributed by atoms with van der Waals surface area (Å²) in [7, 11) is 1.24. The Labute approximate surface area is 233 Å². The summed E-state index contributed by atoms with van der Waals surface area (Å²) in [5.41, 5.74) is 5.57. The summed E-state index contributed by atoms with van der Waals surface area (Å²) in [6.45, 7) is 7.74. The van der Waals surface area contributed by atoms with E-state index in [1.165, 1.54) is 13.2 Å². The van der Waals surface area contributed by atoms with Gasteiger partial charge in [0.1, 0.15) is 11.6 Å². The molecule has 220 valence electrons. The topological polar surface area (TPSA) is 131 Å². The molecule has 0 aromatic heterocycles. The molecule has 39 heavy (non-hydrogen) atoms. The van der Waals surface area contributed by atoms with Crippen LogP contribution in [-0.4, -0.2) is 42.6 Å². The van der Waals surface area contributed by atoms with Gasteiger partial charge in [-0.05, 0) is 43.9 Å². The Bertz CT molecular complexity index is 932. The Balaban J connectivity index is 3.16. The number of carbonyl (C=O) groups excluding carboxylic acids is 4. The van der Waals surface area contributed by atoms with E-state index in [0.717, 1.165) is 32.1 Å². The van der Waals surface area contributed by atoms with Gasteiger partial charge in [-0.3, -0.25) is 19.2 Å². The number of rotatable bonds is 19. The van der Waals surface area contributed by atoms with Gasteiger partial charge >= 0.3 is 23.9 Å². The molecule has 9 nitrogen and oxygen atoms in total. The van der Waals surface area contributed by atoms with Gasteiger partial charge in [0.25, 0.3) is 0 Å². The Morgan fingerprint density at radius 1 is 0.795 bits per heavy atom. The van der Waals surface area contributed by atoms with Crippen LogP contribution in [0.3, 0.4) is 0 Å². The molecule has 0 saturated heterocycles. The van der Waals surface area contributed by atoms with Crippen molar-refractivity contribution >= 4 is 23.9 Å². The van der Waals surface area contributed by atoms with Gasteiger partial charge in [0.2, 0.25) is 0 Å². The molecule has 2 atom stereocenters. The minimum Gasteiger partial charge on any atom is -0.468 e. The molecule has 2 N–H and O–H groups in total. The molecule has 0 heterocycles. The van der Waals surface area contributed by atoms with Crippen molar-refractivity contribution in [2.45, 2.75) is 123 Å². The zero-order valence-corrected chi connectivity index (χ0v) is 24.3. The Hall–Kier alpha value is -2.94. The van der Waals surface area contributed by atoms with Crippen LogP contribution in [-0.2, 0) is 35.1 Å². The quantitative estimate of drug-likeness (QED) is 0.133. The van der Waals surface area contributed by atoms with Gasteiger partial charge < -0.3 is 24.7 Å². The van der Waals surface area contributed by atoms with Crippen LogP contribution in [0.15, 0.2) is 18.2 Å². The first kappa shape index (κ1) is 34.1. The maximum atomic E-state index is 12.7. The fraction of sp³-hybridized carbons (Fsp3) is 0.667. The summed E-state index contributed by atoms with van der Waals surface area (Å²) in [5, 5.41) is 0. The summed E-state index contributed by atoms with van der Waals surface area (Å²) in [4.78, 5) is 49.7. The number of esters is 4. The van der Waals surface area contributed by atoms with Crippen molar-refractivity contribution in [2.75, 3.05) is 7.11 Å². The van der Waals surface area contributed by atoms with Crippen LogP contribution < -0.4 is 15.2 Å². The average molecular weight is 550 g/mol. The Morgan fingerprint density at radius 3 is 1.87 bits per heavy atom. The third kappa shape index (κ3) is 13.1. The third-order valence-corrected chi connectivity index (χ3v) is 6.25. The zero-order chi connectivity index (χ0) is 29.3. The minimum absolute atomic E-state index is 0.0155. The predicted molar refractivity (Wildman–Crippen MR) is 148 cm³/mol. The van der Waals surface area contributed by atoms with Crippen LogP contribution in [0.1, 0.15) is 110 Å². The average Bonchev–Trinajstić information content (AvgIpc) is 2.88. The lowest BCUT2D eigenvalue weighted by Gasteiger charge is -2.29. The van der Waals surface area contributed by atoms with Crippen LogP contribution in [0.5, 0.6) is 11.5 Å². The summed E-state index contributed by atoms with van der Waals surface area (Å²) in [6, 6.07) is 4.74. The SMILES string of the molecule is CCCCCC(=O)Oc1ccc(C[C@](N)(CC(C)OC(=O)CCCC)C(=O)OC)cc1OC(=O)CCCCC. The number of nitrogens with two attached hydrogens (primary N) is 1. The molecule has 1 unspecified atom stereocenters. The van der Waals surface area contributed by atoms with Gasteiger partial charge in [-0.1, -0.05) is 58.9 Å². The molecule has 0 saturated carbocycles. The summed E-state index contributed by atoms with van der Waals surface area (Å²) in [5.74, 6) is -1.65. The summed E-state index contributed by atoms with van der Waals surface area (Å²) >= 11 is 0. The van der Waals surface area contributed by atoms with Crippen LogP contribution in [0.25, 0.3) is 0 Å². The van der Waals surface area contributed by atoms with Gasteiger partial charge in [0, 0.05) is 32.1 Å². The Kier molecular flexibility index (Phi) is 16.1. The van der Waals surface area contributed by atoms with E-state index in [0.29, 0.717) is 31.2 Å². The minimum atomic E-state index is -1.51. The van der Waals surface area contributed by atoms with E-state index in [9.17, 15) is 19.2 Å². The molecule has 0 amide bonds. The second-order valence-corrected chi connectivity index (χ2v) is 10.1. The maximum Gasteiger partial charge on any atom is 0.326 e. The highest BCUT2D eigenvalue weighted by Gasteiger charge is 2.38. The Morgan fingerprint density at radius 2 is 1.33 bits per heavy atom. The van der Waals surface area contributed by atoms with Crippen LogP contribution in [0.4, 0.5) is 0 Å². The lowest BCUT2D eigenvalue weighted by molar-refractivity contribution is -0.155. The molecule has 0 spiro atoms. The molecule has 1 rings (SSSR count). The van der Waals surface area contributed by atoms with E-state index >= 15 is 0 Å². The molecular weight excluding hydrogens is 502 g/mol. The standard InChI is InChI=1S/C30H47NO8/c1-6-9-12-15-27(33)38-24-18-17-23(19-25(24)39-28(34)16-13-10-7-2)21-30(31,29(35)36-5)20-22(4)37-26(32)14-11-8-3/h17-19,22H,6-16,20-21,31H2,1-5H3/t22?,30-/m1/s1. The van der Waals surface area contributed by atoms with E-state index in [1.807, 2.05) is 20.8 Å². The van der Waals surface area contributed by atoms with Gasteiger partial charge in [-0.15, -0.1) is 0 Å². The van der Waals surface area contributed by atoms with E-state index in [2.05, 4.69) is 0 Å². The molecule has 0 radical (unpaired) electrons. The van der Waals surface area contributed by atoms with Crippen molar-refractivity contribution in [1.82, 2.24) is 0 Å². The first-order valence-corrected chi connectivity index (χ1v) is 14.2. The van der Waals surface area contributed by atoms with Crippen LogP contribution >= 0.6 is 0 Å². The van der Waals surface area contributed by atoms with Crippen LogP contribution in [0.2, 0.25) is 0 Å². The van der Waals surface area contributed by atoms with Crippen molar-refractivity contribution in [1.29, 1.82) is 0 Å². The lowest BCUT2D eigenvalue weighted by Crippen LogP contribution is -2.53. The molecule has 0 bridgehead atoms. The zero-order valence-electron chi connectivity index (χ0n) is 24.3. The molecular formula is C30H47NO8. The second-order valence-electron chi connectivity index (χ2n) is 10.1. The van der Waals surface area contributed by atoms with Crippen molar-refractivity contribution in [3.63, 3.8) is 0 Å². The van der Waals surface area contributed by atoms with Crippen molar-refractivity contribution in [3.8, 4) is 11.5 Å². The number of carbonyl (C=O) groups is 4. The fourth-order valence-electron chi connectivity index (χ4n) is 4.17. The summed E-state index contributed by atoms with van der Waals surface area (Å²) in [6.07, 6.45) is 6.89. The first-order chi connectivity index (χ1) is 18.6. The smallest absolute Gasteiger partial charge is 0.326 e. The number of unbranched alkanes of at least 4 members (excludes halogenated alkanes) is 5. The molecule has 1 aromatic rings. The van der Waals surface area contributed by atoms with E-state index < -0.39 is 29.6 Å². The van der Waals surface area contributed by atoms with Gasteiger partial charge in [0.15, 0.2) is 11.5 Å². The molecule has 0 aliphatic carbocycles. The molecule has 0 aliphatic heterocycles. The molecule has 9 heteroatoms. The number of benzene rings is 1. The van der Waals surface area contributed by atoms with Crippen molar-refractivity contribution < 1.29 is 38.1 Å². The number of ether oxygens (including phenoxy) is 4. The van der Waals surface area contributed by atoms with Gasteiger partial charge in [-0.2, -0.15) is 0 Å². The number of methoxy groups -OCH3 is 1. The van der Waals surface area contributed by atoms with Crippen molar-refractivity contribution in [3.05, 3.63) is 23.8 Å². The third-order valence-electron chi connectivity index (χ3n) is 6.25. The highest BCUT2D eigenvalue weighted by molar-refractivity contribution is 5.81. The lowest BCUT2D eigenvalue weighted by atomic mass is 9.86. The summed E-state index contributed by atoms with van der Waals surface area (Å²) < 4.78 is 21.5. The highest BCUT2D eigenvalue weighted by atomic mass is 16.6. The van der Waals surface area contributed by atoms with E-state index in [4.69, 9.17) is 24.7 Å². The highest BCUT2D eigenvalue weighted by Crippen LogP contribution is 2.32. The van der Waals surface area contributed by atoms with Gasteiger partial charge in [-0.25, -0.2) is 0 Å². The predicted octanol–water partition coefficient (Wildman–Crippen LogP) is 5.58. The van der Waals surface area contributed by atoms with Crippen LogP contribution in [0, 0.1) is 0 Å².